The van der Waals surface area contributed by atoms with E-state index < -0.39 is 0 Å². The van der Waals surface area contributed by atoms with Gasteiger partial charge in [0.25, 0.3) is 0 Å². The maximum atomic E-state index is 9.31. The second-order valence-corrected chi connectivity index (χ2v) is 4.33. The highest BCUT2D eigenvalue weighted by Gasteiger charge is 2.09. The first kappa shape index (κ1) is 13.7. The minimum atomic E-state index is -0.108. The van der Waals surface area contributed by atoms with Gasteiger partial charge in [-0.3, -0.25) is 0 Å². The average molecular weight is 279 g/mol. The van der Waals surface area contributed by atoms with Crippen molar-refractivity contribution in [3.8, 4) is 17.2 Å². The van der Waals surface area contributed by atoms with E-state index in [0.29, 0.717) is 34.4 Å². The summed E-state index contributed by atoms with van der Waals surface area (Å²) in [4.78, 5) is 0. The van der Waals surface area contributed by atoms with Crippen LogP contribution < -0.4 is 9.47 Å². The van der Waals surface area contributed by atoms with Crippen molar-refractivity contribution < 1.29 is 14.6 Å². The van der Waals surface area contributed by atoms with Gasteiger partial charge in [-0.05, 0) is 31.2 Å². The van der Waals surface area contributed by atoms with E-state index in [1.54, 1.807) is 18.2 Å². The molecule has 0 aromatic heterocycles. The van der Waals surface area contributed by atoms with Crippen LogP contribution in [-0.4, -0.2) is 11.7 Å². The van der Waals surface area contributed by atoms with Crippen LogP contribution in [0, 0.1) is 0 Å². The predicted octanol–water partition coefficient (Wildman–Crippen LogP) is 4.02. The van der Waals surface area contributed by atoms with Crippen molar-refractivity contribution >= 4 is 11.6 Å². The molecule has 4 heteroatoms. The van der Waals surface area contributed by atoms with Gasteiger partial charge in [0, 0.05) is 10.6 Å². The van der Waals surface area contributed by atoms with E-state index in [9.17, 15) is 5.11 Å². The number of halogens is 1. The number of hydrogen-bond donors (Lipinski definition) is 1. The fraction of sp³-hybridized carbons (Fsp3) is 0.200. The molecule has 2 rings (SSSR count). The molecule has 0 saturated heterocycles. The largest absolute Gasteiger partial charge is 0.490 e. The van der Waals surface area contributed by atoms with Crippen molar-refractivity contribution in [1.29, 1.82) is 0 Å². The van der Waals surface area contributed by atoms with Crippen LogP contribution >= 0.6 is 11.6 Å². The van der Waals surface area contributed by atoms with E-state index in [4.69, 9.17) is 21.1 Å². The Morgan fingerprint density at radius 2 is 1.79 bits per heavy atom. The van der Waals surface area contributed by atoms with Crippen LogP contribution in [-0.2, 0) is 6.61 Å². The van der Waals surface area contributed by atoms with Gasteiger partial charge < -0.3 is 14.6 Å². The Labute approximate surface area is 117 Å². The summed E-state index contributed by atoms with van der Waals surface area (Å²) in [5.41, 5.74) is 0.677. The molecular formula is C15H15ClO3. The van der Waals surface area contributed by atoms with Gasteiger partial charge in [-0.2, -0.15) is 0 Å². The summed E-state index contributed by atoms with van der Waals surface area (Å²) in [6.07, 6.45) is 0. The molecular weight excluding hydrogens is 264 g/mol. The van der Waals surface area contributed by atoms with E-state index in [1.807, 2.05) is 31.2 Å². The van der Waals surface area contributed by atoms with E-state index in [2.05, 4.69) is 0 Å². The van der Waals surface area contributed by atoms with Crippen LogP contribution in [0.4, 0.5) is 0 Å². The molecule has 0 amide bonds. The maximum Gasteiger partial charge on any atom is 0.169 e. The molecule has 0 heterocycles. The summed E-state index contributed by atoms with van der Waals surface area (Å²) in [5.74, 6) is 1.79. The maximum absolute atomic E-state index is 9.31. The highest BCUT2D eigenvalue weighted by molar-refractivity contribution is 6.30. The first-order chi connectivity index (χ1) is 9.24. The Hall–Kier alpha value is -1.71. The second-order valence-electron chi connectivity index (χ2n) is 3.89. The predicted molar refractivity (Wildman–Crippen MR) is 75.1 cm³/mol. The van der Waals surface area contributed by atoms with Gasteiger partial charge in [-0.1, -0.05) is 29.8 Å². The minimum absolute atomic E-state index is 0.108. The monoisotopic (exact) mass is 278 g/mol. The minimum Gasteiger partial charge on any atom is -0.490 e. The van der Waals surface area contributed by atoms with Gasteiger partial charge in [0.05, 0.1) is 13.2 Å². The summed E-state index contributed by atoms with van der Waals surface area (Å²) < 4.78 is 11.3. The zero-order chi connectivity index (χ0) is 13.7. The Morgan fingerprint density at radius 3 is 2.47 bits per heavy atom. The molecule has 1 N–H and O–H groups in total. The Bertz CT molecular complexity index is 555. The van der Waals surface area contributed by atoms with Crippen molar-refractivity contribution in [2.24, 2.45) is 0 Å². The number of benzene rings is 2. The number of ether oxygens (including phenoxy) is 2. The molecule has 0 aliphatic rings. The third-order valence-electron chi connectivity index (χ3n) is 2.57. The summed E-state index contributed by atoms with van der Waals surface area (Å²) >= 11 is 5.95. The lowest BCUT2D eigenvalue weighted by atomic mass is 10.2. The zero-order valence-electron chi connectivity index (χ0n) is 10.6. The van der Waals surface area contributed by atoms with Gasteiger partial charge in [0.2, 0.25) is 0 Å². The fourth-order valence-electron chi connectivity index (χ4n) is 1.68. The SMILES string of the molecule is CCOc1ccccc1Oc1cc(Cl)ccc1CO. The van der Waals surface area contributed by atoms with Crippen LogP contribution in [0.3, 0.4) is 0 Å². The molecule has 0 fully saturated rings. The molecule has 3 nitrogen and oxygen atoms in total. The molecule has 2 aromatic rings. The van der Waals surface area contributed by atoms with Crippen molar-refractivity contribution in [3.63, 3.8) is 0 Å². The van der Waals surface area contributed by atoms with E-state index in [0.717, 1.165) is 0 Å². The number of rotatable bonds is 5. The standard InChI is InChI=1S/C15H15ClO3/c1-2-18-13-5-3-4-6-14(13)19-15-9-12(16)8-7-11(15)10-17/h3-9,17H,2,10H2,1H3. The quantitative estimate of drug-likeness (QED) is 0.898. The Morgan fingerprint density at radius 1 is 1.05 bits per heavy atom. The van der Waals surface area contributed by atoms with Crippen molar-refractivity contribution in [2.45, 2.75) is 13.5 Å². The summed E-state index contributed by atoms with van der Waals surface area (Å²) in [6.45, 7) is 2.36. The lowest BCUT2D eigenvalue weighted by Gasteiger charge is -2.13. The number of aliphatic hydroxyl groups is 1. The Kier molecular flexibility index (Phi) is 4.66. The molecule has 0 aliphatic carbocycles. The molecule has 100 valence electrons. The van der Waals surface area contributed by atoms with Gasteiger partial charge in [0.15, 0.2) is 11.5 Å². The molecule has 0 radical (unpaired) electrons. The molecule has 0 saturated carbocycles. The lowest BCUT2D eigenvalue weighted by molar-refractivity contribution is 0.274. The zero-order valence-corrected chi connectivity index (χ0v) is 11.4. The van der Waals surface area contributed by atoms with Crippen LogP contribution in [0.15, 0.2) is 42.5 Å². The Balaban J connectivity index is 2.33. The molecule has 0 aliphatic heterocycles. The number of aliphatic hydroxyl groups excluding tert-OH is 1. The molecule has 0 bridgehead atoms. The van der Waals surface area contributed by atoms with Crippen molar-refractivity contribution in [1.82, 2.24) is 0 Å². The van der Waals surface area contributed by atoms with E-state index >= 15 is 0 Å². The van der Waals surface area contributed by atoms with E-state index in [-0.39, 0.29) is 6.61 Å². The van der Waals surface area contributed by atoms with Crippen LogP contribution in [0.2, 0.25) is 5.02 Å². The van der Waals surface area contributed by atoms with Crippen LogP contribution in [0.1, 0.15) is 12.5 Å². The second kappa shape index (κ2) is 6.45. The molecule has 0 unspecified atom stereocenters. The van der Waals surface area contributed by atoms with Crippen molar-refractivity contribution in [3.05, 3.63) is 53.1 Å². The van der Waals surface area contributed by atoms with Gasteiger partial charge in [-0.25, -0.2) is 0 Å². The molecule has 0 spiro atoms. The van der Waals surface area contributed by atoms with Crippen LogP contribution in [0.5, 0.6) is 17.2 Å². The molecule has 0 atom stereocenters. The summed E-state index contributed by atoms with van der Waals surface area (Å²) in [5, 5.41) is 9.86. The smallest absolute Gasteiger partial charge is 0.169 e. The average Bonchev–Trinajstić information content (AvgIpc) is 2.42. The molecule has 2 aromatic carbocycles. The first-order valence-electron chi connectivity index (χ1n) is 6.03. The summed E-state index contributed by atoms with van der Waals surface area (Å²) in [6, 6.07) is 12.5. The fourth-order valence-corrected chi connectivity index (χ4v) is 1.84. The third-order valence-corrected chi connectivity index (χ3v) is 2.80. The molecule has 19 heavy (non-hydrogen) atoms. The lowest BCUT2D eigenvalue weighted by Crippen LogP contribution is -1.96. The number of hydrogen-bond acceptors (Lipinski definition) is 3. The van der Waals surface area contributed by atoms with Gasteiger partial charge in [0.1, 0.15) is 5.75 Å². The highest BCUT2D eigenvalue weighted by Crippen LogP contribution is 2.34. The summed E-state index contributed by atoms with van der Waals surface area (Å²) in [7, 11) is 0. The van der Waals surface area contributed by atoms with Crippen molar-refractivity contribution in [2.75, 3.05) is 6.61 Å². The normalized spacial score (nSPS) is 10.3. The highest BCUT2D eigenvalue weighted by atomic mass is 35.5. The van der Waals surface area contributed by atoms with E-state index in [1.165, 1.54) is 0 Å². The first-order valence-corrected chi connectivity index (χ1v) is 6.41. The number of para-hydroxylation sites is 2. The van der Waals surface area contributed by atoms with Crippen LogP contribution in [0.25, 0.3) is 0 Å². The third kappa shape index (κ3) is 3.40. The van der Waals surface area contributed by atoms with Gasteiger partial charge >= 0.3 is 0 Å². The topological polar surface area (TPSA) is 38.7 Å². The van der Waals surface area contributed by atoms with Gasteiger partial charge in [-0.15, -0.1) is 0 Å².